The molecule has 118 valence electrons. The normalized spacial score (nSPS) is 28.2. The quantitative estimate of drug-likeness (QED) is 0.833. The van der Waals surface area contributed by atoms with Crippen LogP contribution in [0.25, 0.3) is 0 Å². The molecule has 0 bridgehead atoms. The van der Waals surface area contributed by atoms with Crippen LogP contribution in [0, 0.1) is 5.41 Å². The van der Waals surface area contributed by atoms with Crippen LogP contribution in [0.4, 0.5) is 0 Å². The number of rotatable bonds is 3. The summed E-state index contributed by atoms with van der Waals surface area (Å²) in [4.78, 5) is 2.88. The lowest BCUT2D eigenvalue weighted by Crippen LogP contribution is -2.69. The van der Waals surface area contributed by atoms with Crippen molar-refractivity contribution in [1.29, 1.82) is 0 Å². The predicted molar refractivity (Wildman–Crippen MR) is 88.1 cm³/mol. The molecule has 1 unspecified atom stereocenters. The van der Waals surface area contributed by atoms with Crippen LogP contribution in [-0.2, 0) is 0 Å². The highest BCUT2D eigenvalue weighted by Crippen LogP contribution is 2.37. The van der Waals surface area contributed by atoms with Crippen LogP contribution in [-0.4, -0.2) is 35.6 Å². The Bertz CT molecular complexity index is 295. The molecule has 2 fully saturated rings. The maximum Gasteiger partial charge on any atom is 0.0309 e. The zero-order chi connectivity index (χ0) is 14.8. The van der Waals surface area contributed by atoms with Gasteiger partial charge in [0.25, 0.3) is 0 Å². The van der Waals surface area contributed by atoms with Crippen molar-refractivity contribution >= 4 is 0 Å². The summed E-state index contributed by atoms with van der Waals surface area (Å²) in [6.07, 6.45) is 9.64. The summed E-state index contributed by atoms with van der Waals surface area (Å²) in [6, 6.07) is 1.44. The molecule has 1 spiro atoms. The van der Waals surface area contributed by atoms with E-state index in [4.69, 9.17) is 0 Å². The first-order chi connectivity index (χ1) is 9.42. The Labute approximate surface area is 126 Å². The monoisotopic (exact) mass is 280 g/mol. The van der Waals surface area contributed by atoms with Crippen LogP contribution in [0.5, 0.6) is 0 Å². The van der Waals surface area contributed by atoms with Crippen LogP contribution in [0.1, 0.15) is 79.6 Å². The molecular formula is C18H36N2. The molecule has 2 nitrogen and oxygen atoms in total. The molecule has 1 aliphatic heterocycles. The molecule has 1 saturated heterocycles. The first-order valence-electron chi connectivity index (χ1n) is 8.92. The van der Waals surface area contributed by atoms with Crippen LogP contribution in [0.15, 0.2) is 0 Å². The minimum absolute atomic E-state index is 0.367. The van der Waals surface area contributed by atoms with E-state index in [1.54, 1.807) is 0 Å². The zero-order valence-electron chi connectivity index (χ0n) is 14.5. The molecule has 1 N–H and O–H groups in total. The van der Waals surface area contributed by atoms with E-state index in [2.05, 4.69) is 44.8 Å². The number of hydrogen-bond donors (Lipinski definition) is 1. The van der Waals surface area contributed by atoms with Crippen molar-refractivity contribution in [3.63, 3.8) is 0 Å². The third-order valence-corrected chi connectivity index (χ3v) is 5.78. The Hall–Kier alpha value is -0.0800. The van der Waals surface area contributed by atoms with Crippen molar-refractivity contribution < 1.29 is 0 Å². The summed E-state index contributed by atoms with van der Waals surface area (Å²) in [5, 5.41) is 3.98. The van der Waals surface area contributed by atoms with Crippen LogP contribution in [0.3, 0.4) is 0 Å². The molecule has 0 aromatic heterocycles. The molecular weight excluding hydrogens is 244 g/mol. The standard InChI is InChI=1S/C18H36N2/c1-6-15(7-2)20-14-18(11-9-8-10-12-18)19-13-16(20)17(3,4)5/h15-16,19H,6-14H2,1-5H3. The predicted octanol–water partition coefficient (Wildman–Crippen LogP) is 4.20. The summed E-state index contributed by atoms with van der Waals surface area (Å²) in [7, 11) is 0. The van der Waals surface area contributed by atoms with Gasteiger partial charge in [0.2, 0.25) is 0 Å². The molecule has 0 amide bonds. The lowest BCUT2D eigenvalue weighted by atomic mass is 9.75. The van der Waals surface area contributed by atoms with E-state index < -0.39 is 0 Å². The minimum Gasteiger partial charge on any atom is -0.308 e. The number of piperazine rings is 1. The van der Waals surface area contributed by atoms with Gasteiger partial charge in [-0.05, 0) is 31.1 Å². The molecule has 0 aromatic carbocycles. The second kappa shape index (κ2) is 6.36. The van der Waals surface area contributed by atoms with Crippen molar-refractivity contribution in [2.75, 3.05) is 13.1 Å². The van der Waals surface area contributed by atoms with E-state index in [1.807, 2.05) is 0 Å². The second-order valence-electron chi connectivity index (χ2n) is 8.25. The summed E-state index contributed by atoms with van der Waals surface area (Å²) in [5.41, 5.74) is 0.800. The van der Waals surface area contributed by atoms with Crippen molar-refractivity contribution in [3.05, 3.63) is 0 Å². The smallest absolute Gasteiger partial charge is 0.0309 e. The minimum atomic E-state index is 0.367. The van der Waals surface area contributed by atoms with Crippen molar-refractivity contribution in [3.8, 4) is 0 Å². The van der Waals surface area contributed by atoms with E-state index in [1.165, 1.54) is 58.0 Å². The number of hydrogen-bond acceptors (Lipinski definition) is 2. The number of nitrogens with zero attached hydrogens (tertiary/aromatic N) is 1. The fraction of sp³-hybridized carbons (Fsp3) is 1.00. The van der Waals surface area contributed by atoms with E-state index in [9.17, 15) is 0 Å². The largest absolute Gasteiger partial charge is 0.308 e. The zero-order valence-corrected chi connectivity index (χ0v) is 14.5. The molecule has 0 radical (unpaired) electrons. The molecule has 1 saturated carbocycles. The van der Waals surface area contributed by atoms with Crippen molar-refractivity contribution in [2.24, 2.45) is 5.41 Å². The average molecular weight is 280 g/mol. The SMILES string of the molecule is CCC(CC)N1CC2(CCCCC2)NCC1C(C)(C)C. The molecule has 1 aliphatic carbocycles. The van der Waals surface area contributed by atoms with Gasteiger partial charge in [0, 0.05) is 30.7 Å². The molecule has 1 heterocycles. The van der Waals surface area contributed by atoms with Gasteiger partial charge in [-0.2, -0.15) is 0 Å². The Kier molecular flexibility index (Phi) is 5.18. The van der Waals surface area contributed by atoms with Gasteiger partial charge in [-0.1, -0.05) is 53.9 Å². The Morgan fingerprint density at radius 3 is 2.20 bits per heavy atom. The van der Waals surface area contributed by atoms with Gasteiger partial charge in [-0.25, -0.2) is 0 Å². The van der Waals surface area contributed by atoms with Crippen molar-refractivity contribution in [2.45, 2.75) is 97.2 Å². The first kappa shape index (κ1) is 16.3. The highest BCUT2D eigenvalue weighted by Gasteiger charge is 2.44. The average Bonchev–Trinajstić information content (AvgIpc) is 2.40. The third-order valence-electron chi connectivity index (χ3n) is 5.78. The van der Waals surface area contributed by atoms with Crippen LogP contribution < -0.4 is 5.32 Å². The van der Waals surface area contributed by atoms with E-state index in [0.29, 0.717) is 17.0 Å². The summed E-state index contributed by atoms with van der Waals surface area (Å²) >= 11 is 0. The molecule has 20 heavy (non-hydrogen) atoms. The molecule has 1 atom stereocenters. The summed E-state index contributed by atoms with van der Waals surface area (Å²) in [5.74, 6) is 0. The lowest BCUT2D eigenvalue weighted by molar-refractivity contribution is -0.0213. The second-order valence-corrected chi connectivity index (χ2v) is 8.25. The Balaban J connectivity index is 2.18. The molecule has 2 heteroatoms. The van der Waals surface area contributed by atoms with Gasteiger partial charge in [0.15, 0.2) is 0 Å². The Morgan fingerprint density at radius 1 is 1.10 bits per heavy atom. The Morgan fingerprint density at radius 2 is 1.70 bits per heavy atom. The van der Waals surface area contributed by atoms with Crippen LogP contribution in [0.2, 0.25) is 0 Å². The maximum atomic E-state index is 3.98. The first-order valence-corrected chi connectivity index (χ1v) is 8.92. The van der Waals surface area contributed by atoms with Crippen molar-refractivity contribution in [1.82, 2.24) is 10.2 Å². The van der Waals surface area contributed by atoms with E-state index in [-0.39, 0.29) is 0 Å². The fourth-order valence-electron chi connectivity index (χ4n) is 4.45. The van der Waals surface area contributed by atoms with E-state index >= 15 is 0 Å². The van der Waals surface area contributed by atoms with Crippen LogP contribution >= 0.6 is 0 Å². The molecule has 0 aromatic rings. The molecule has 2 aliphatic rings. The highest BCUT2D eigenvalue weighted by molar-refractivity contribution is 5.03. The van der Waals surface area contributed by atoms with Gasteiger partial charge in [-0.3, -0.25) is 4.90 Å². The summed E-state index contributed by atoms with van der Waals surface area (Å²) < 4.78 is 0. The fourth-order valence-corrected chi connectivity index (χ4v) is 4.45. The number of nitrogens with one attached hydrogen (secondary N) is 1. The van der Waals surface area contributed by atoms with E-state index in [0.717, 1.165) is 6.04 Å². The third kappa shape index (κ3) is 3.39. The van der Waals surface area contributed by atoms with Gasteiger partial charge in [0.1, 0.15) is 0 Å². The highest BCUT2D eigenvalue weighted by atomic mass is 15.3. The summed E-state index contributed by atoms with van der Waals surface area (Å²) in [6.45, 7) is 14.4. The van der Waals surface area contributed by atoms with Gasteiger partial charge < -0.3 is 5.32 Å². The van der Waals surface area contributed by atoms with Gasteiger partial charge in [0.05, 0.1) is 0 Å². The lowest BCUT2D eigenvalue weighted by Gasteiger charge is -2.55. The van der Waals surface area contributed by atoms with Gasteiger partial charge in [-0.15, -0.1) is 0 Å². The van der Waals surface area contributed by atoms with Gasteiger partial charge >= 0.3 is 0 Å². The maximum absolute atomic E-state index is 3.98. The molecule has 2 rings (SSSR count). The topological polar surface area (TPSA) is 15.3 Å².